The van der Waals surface area contributed by atoms with Crippen molar-refractivity contribution in [3.05, 3.63) is 69.3 Å². The summed E-state index contributed by atoms with van der Waals surface area (Å²) >= 11 is 0. The fraction of sp³-hybridized carbons (Fsp3) is 0.350. The lowest BCUT2D eigenvalue weighted by Gasteiger charge is -2.24. The molecular weight excluding hydrogens is 372 g/mol. The summed E-state index contributed by atoms with van der Waals surface area (Å²) in [5.41, 5.74) is 3.22. The van der Waals surface area contributed by atoms with Crippen molar-refractivity contribution in [2.75, 3.05) is 5.32 Å². The van der Waals surface area contributed by atoms with Gasteiger partial charge in [0.2, 0.25) is 0 Å². The Morgan fingerprint density at radius 2 is 1.93 bits per heavy atom. The molecule has 0 fully saturated rings. The zero-order valence-corrected chi connectivity index (χ0v) is 17.1. The van der Waals surface area contributed by atoms with Crippen molar-refractivity contribution in [1.82, 2.24) is 19.6 Å². The molecule has 0 radical (unpaired) electrons. The zero-order valence-electron chi connectivity index (χ0n) is 17.1. The maximum Gasteiger partial charge on any atom is 0.307 e. The molecule has 0 saturated carbocycles. The first-order valence-electron chi connectivity index (χ1n) is 9.20. The maximum atomic E-state index is 13.0. The molecule has 9 nitrogen and oxygen atoms in total. The van der Waals surface area contributed by atoms with Crippen LogP contribution in [-0.2, 0) is 16.9 Å². The van der Waals surface area contributed by atoms with Gasteiger partial charge in [-0.3, -0.25) is 24.3 Å². The van der Waals surface area contributed by atoms with Gasteiger partial charge in [-0.25, -0.2) is 0 Å². The Morgan fingerprint density at radius 3 is 2.55 bits per heavy atom. The van der Waals surface area contributed by atoms with Gasteiger partial charge in [0.05, 0.1) is 28.5 Å². The van der Waals surface area contributed by atoms with Crippen LogP contribution in [0.4, 0.5) is 11.4 Å². The number of amides is 1. The van der Waals surface area contributed by atoms with Crippen LogP contribution >= 0.6 is 0 Å². The normalized spacial score (nSPS) is 11.5. The number of aromatic nitrogens is 4. The SMILES string of the molecule is Cc1ccccc1Cn1nc(C)c(NC(=O)C(C)(C)n2cc([N+](=O)[O-])cn2)c1C. The molecule has 0 aliphatic heterocycles. The van der Waals surface area contributed by atoms with E-state index in [9.17, 15) is 14.9 Å². The Balaban J connectivity index is 1.84. The predicted molar refractivity (Wildman–Crippen MR) is 109 cm³/mol. The molecule has 0 aliphatic rings. The first-order chi connectivity index (χ1) is 13.6. The number of nitrogens with one attached hydrogen (secondary N) is 1. The average molecular weight is 396 g/mol. The lowest BCUT2D eigenvalue weighted by atomic mass is 10.0. The number of carbonyl (C=O) groups is 1. The van der Waals surface area contributed by atoms with E-state index in [1.807, 2.05) is 30.7 Å². The van der Waals surface area contributed by atoms with Crippen molar-refractivity contribution in [2.45, 2.75) is 46.7 Å². The Bertz CT molecular complexity index is 1080. The van der Waals surface area contributed by atoms with Gasteiger partial charge in [0.1, 0.15) is 17.9 Å². The van der Waals surface area contributed by atoms with E-state index in [1.54, 1.807) is 13.8 Å². The molecule has 0 atom stereocenters. The molecular formula is C20H24N6O3. The van der Waals surface area contributed by atoms with Gasteiger partial charge in [0.25, 0.3) is 5.91 Å². The summed E-state index contributed by atoms with van der Waals surface area (Å²) in [6.45, 7) is 9.70. The fourth-order valence-corrected chi connectivity index (χ4v) is 3.06. The molecule has 0 saturated heterocycles. The average Bonchev–Trinajstić information content (AvgIpc) is 3.25. The van der Waals surface area contributed by atoms with Gasteiger partial charge in [0.15, 0.2) is 0 Å². The summed E-state index contributed by atoms with van der Waals surface area (Å²) in [6, 6.07) is 8.09. The number of hydrogen-bond acceptors (Lipinski definition) is 5. The lowest BCUT2D eigenvalue weighted by Crippen LogP contribution is -2.40. The van der Waals surface area contributed by atoms with Crippen molar-refractivity contribution >= 4 is 17.3 Å². The zero-order chi connectivity index (χ0) is 21.3. The van der Waals surface area contributed by atoms with Crippen molar-refractivity contribution in [3.8, 4) is 0 Å². The van der Waals surface area contributed by atoms with E-state index in [0.717, 1.165) is 17.5 Å². The summed E-state index contributed by atoms with van der Waals surface area (Å²) in [7, 11) is 0. The molecule has 0 bridgehead atoms. The maximum absolute atomic E-state index is 13.0. The highest BCUT2D eigenvalue weighted by molar-refractivity contribution is 5.97. The molecule has 1 amide bonds. The van der Waals surface area contributed by atoms with Gasteiger partial charge in [0, 0.05) is 0 Å². The lowest BCUT2D eigenvalue weighted by molar-refractivity contribution is -0.385. The van der Waals surface area contributed by atoms with Gasteiger partial charge in [-0.05, 0) is 45.7 Å². The molecule has 152 valence electrons. The van der Waals surface area contributed by atoms with Crippen LogP contribution in [0.15, 0.2) is 36.7 Å². The van der Waals surface area contributed by atoms with E-state index < -0.39 is 10.5 Å². The summed E-state index contributed by atoms with van der Waals surface area (Å²) in [5, 5.41) is 22.4. The Morgan fingerprint density at radius 1 is 1.24 bits per heavy atom. The summed E-state index contributed by atoms with van der Waals surface area (Å²) in [6.07, 6.45) is 2.38. The second-order valence-corrected chi connectivity index (χ2v) is 7.54. The minimum atomic E-state index is -1.12. The second kappa shape index (κ2) is 7.50. The molecule has 3 aromatic rings. The molecule has 3 rings (SSSR count). The fourth-order valence-electron chi connectivity index (χ4n) is 3.06. The van der Waals surface area contributed by atoms with Crippen molar-refractivity contribution in [3.63, 3.8) is 0 Å². The third-order valence-corrected chi connectivity index (χ3v) is 5.11. The Hall–Kier alpha value is -3.49. The third kappa shape index (κ3) is 3.89. The highest BCUT2D eigenvalue weighted by atomic mass is 16.6. The largest absolute Gasteiger partial charge is 0.321 e. The molecule has 2 aromatic heterocycles. The van der Waals surface area contributed by atoms with Crippen LogP contribution in [0.25, 0.3) is 0 Å². The standard InChI is InChI=1S/C20H24N6O3/c1-13-8-6-7-9-16(13)11-24-15(3)18(14(2)23-24)22-19(27)20(4,5)25-12-17(10-21-25)26(28)29/h6-10,12H,11H2,1-5H3,(H,22,27). The highest BCUT2D eigenvalue weighted by Crippen LogP contribution is 2.25. The first kappa shape index (κ1) is 20.2. The highest BCUT2D eigenvalue weighted by Gasteiger charge is 2.33. The van der Waals surface area contributed by atoms with Crippen molar-refractivity contribution in [2.24, 2.45) is 0 Å². The van der Waals surface area contributed by atoms with E-state index in [4.69, 9.17) is 0 Å². The summed E-state index contributed by atoms with van der Waals surface area (Å²) < 4.78 is 3.15. The van der Waals surface area contributed by atoms with Crippen LogP contribution in [-0.4, -0.2) is 30.4 Å². The molecule has 29 heavy (non-hydrogen) atoms. The van der Waals surface area contributed by atoms with E-state index in [-0.39, 0.29) is 11.6 Å². The molecule has 9 heteroatoms. The minimum Gasteiger partial charge on any atom is -0.321 e. The number of nitro groups is 1. The van der Waals surface area contributed by atoms with Gasteiger partial charge in [-0.2, -0.15) is 10.2 Å². The number of aryl methyl sites for hydroxylation is 2. The molecule has 2 heterocycles. The van der Waals surface area contributed by atoms with E-state index in [2.05, 4.69) is 34.6 Å². The van der Waals surface area contributed by atoms with E-state index >= 15 is 0 Å². The molecule has 1 aromatic carbocycles. The smallest absolute Gasteiger partial charge is 0.307 e. The van der Waals surface area contributed by atoms with E-state index in [1.165, 1.54) is 16.4 Å². The number of carbonyl (C=O) groups excluding carboxylic acids is 1. The topological polar surface area (TPSA) is 108 Å². The molecule has 0 spiro atoms. The Labute approximate surface area is 168 Å². The third-order valence-electron chi connectivity index (χ3n) is 5.11. The van der Waals surface area contributed by atoms with Crippen molar-refractivity contribution in [1.29, 1.82) is 0 Å². The minimum absolute atomic E-state index is 0.163. The Kier molecular flexibility index (Phi) is 5.23. The number of benzene rings is 1. The summed E-state index contributed by atoms with van der Waals surface area (Å²) in [4.78, 5) is 23.3. The first-order valence-corrected chi connectivity index (χ1v) is 9.20. The summed E-state index contributed by atoms with van der Waals surface area (Å²) in [5.74, 6) is -0.336. The second-order valence-electron chi connectivity index (χ2n) is 7.54. The molecule has 0 aliphatic carbocycles. The van der Waals surface area contributed by atoms with Crippen molar-refractivity contribution < 1.29 is 9.72 Å². The van der Waals surface area contributed by atoms with Crippen LogP contribution in [0.5, 0.6) is 0 Å². The predicted octanol–water partition coefficient (Wildman–Crippen LogP) is 3.34. The van der Waals surface area contributed by atoms with Gasteiger partial charge >= 0.3 is 5.69 Å². The number of nitrogens with zero attached hydrogens (tertiary/aromatic N) is 5. The van der Waals surface area contributed by atoms with Crippen LogP contribution < -0.4 is 5.32 Å². The van der Waals surface area contributed by atoms with Gasteiger partial charge < -0.3 is 5.32 Å². The van der Waals surface area contributed by atoms with Gasteiger partial charge in [-0.15, -0.1) is 0 Å². The van der Waals surface area contributed by atoms with Crippen LogP contribution in [0.1, 0.15) is 36.4 Å². The molecule has 1 N–H and O–H groups in total. The van der Waals surface area contributed by atoms with Crippen LogP contribution in [0, 0.1) is 30.9 Å². The van der Waals surface area contributed by atoms with Gasteiger partial charge in [-0.1, -0.05) is 24.3 Å². The quantitative estimate of drug-likeness (QED) is 0.508. The molecule has 0 unspecified atom stereocenters. The number of rotatable bonds is 6. The monoisotopic (exact) mass is 396 g/mol. The van der Waals surface area contributed by atoms with Crippen LogP contribution in [0.2, 0.25) is 0 Å². The van der Waals surface area contributed by atoms with E-state index in [0.29, 0.717) is 17.9 Å². The number of hydrogen-bond donors (Lipinski definition) is 1. The number of anilines is 1. The van der Waals surface area contributed by atoms with Crippen LogP contribution in [0.3, 0.4) is 0 Å².